The van der Waals surface area contributed by atoms with Crippen molar-refractivity contribution in [3.8, 4) is 0 Å². The Hall–Kier alpha value is -1.47. The van der Waals surface area contributed by atoms with Crippen molar-refractivity contribution in [2.24, 2.45) is 23.7 Å². The fourth-order valence-corrected chi connectivity index (χ4v) is 7.05. The van der Waals surface area contributed by atoms with E-state index in [0.717, 1.165) is 17.9 Å². The van der Waals surface area contributed by atoms with Crippen LogP contribution >= 0.6 is 0 Å². The van der Waals surface area contributed by atoms with E-state index in [0.29, 0.717) is 11.8 Å². The van der Waals surface area contributed by atoms with Crippen LogP contribution in [0.15, 0.2) is 29.2 Å². The summed E-state index contributed by atoms with van der Waals surface area (Å²) in [4.78, 5) is 12.5. The van der Waals surface area contributed by atoms with Gasteiger partial charge in [-0.05, 0) is 81.8 Å². The lowest BCUT2D eigenvalue weighted by atomic mass is 9.54. The summed E-state index contributed by atoms with van der Waals surface area (Å²) in [6.45, 7) is 3.05. The topological polar surface area (TPSA) is 75.3 Å². The molecule has 5 rings (SSSR count). The smallest absolute Gasteiger partial charge is 0.244 e. The monoisotopic (exact) mass is 394 g/mol. The molecule has 0 aromatic heterocycles. The average Bonchev–Trinajstić information content (AvgIpc) is 2.56. The van der Waals surface area contributed by atoms with Crippen molar-refractivity contribution in [2.75, 3.05) is 0 Å². The first-order chi connectivity index (χ1) is 12.7. The first-order valence-electron chi connectivity index (χ1n) is 9.75. The highest BCUT2D eigenvalue weighted by Crippen LogP contribution is 2.53. The summed E-state index contributed by atoms with van der Waals surface area (Å²) in [5, 5.41) is 3.13. The van der Waals surface area contributed by atoms with E-state index < -0.39 is 26.3 Å². The van der Waals surface area contributed by atoms with E-state index in [1.807, 2.05) is 0 Å². The van der Waals surface area contributed by atoms with Crippen LogP contribution in [0.25, 0.3) is 0 Å². The Morgan fingerprint density at radius 2 is 1.59 bits per heavy atom. The van der Waals surface area contributed by atoms with E-state index in [9.17, 15) is 17.6 Å². The van der Waals surface area contributed by atoms with Gasteiger partial charge in [-0.25, -0.2) is 12.8 Å². The zero-order valence-corrected chi connectivity index (χ0v) is 16.6. The molecule has 0 unspecified atom stereocenters. The number of hydrogen-bond donors (Lipinski definition) is 2. The summed E-state index contributed by atoms with van der Waals surface area (Å²) in [5.74, 6) is 1.43. The van der Waals surface area contributed by atoms with Crippen LogP contribution in [0.5, 0.6) is 0 Å². The van der Waals surface area contributed by atoms with Crippen molar-refractivity contribution in [3.05, 3.63) is 30.1 Å². The van der Waals surface area contributed by atoms with Crippen LogP contribution in [0, 0.1) is 29.5 Å². The lowest BCUT2D eigenvalue weighted by molar-refractivity contribution is -0.129. The highest BCUT2D eigenvalue weighted by molar-refractivity contribution is 7.89. The number of carbonyl (C=O) groups is 1. The second kappa shape index (κ2) is 6.55. The number of amides is 1. The molecule has 4 aliphatic carbocycles. The SMILES string of the molecule is CC(C)(NS(=O)(=O)c1ccccc1F)C(=O)NC1C2CC3CC(C2)CC1C3. The molecule has 7 heteroatoms. The summed E-state index contributed by atoms with van der Waals surface area (Å²) >= 11 is 0. The van der Waals surface area contributed by atoms with Crippen molar-refractivity contribution < 1.29 is 17.6 Å². The molecule has 0 saturated heterocycles. The third-order valence-corrected chi connectivity index (χ3v) is 8.30. The summed E-state index contributed by atoms with van der Waals surface area (Å²) in [5.41, 5.74) is -1.37. The maximum Gasteiger partial charge on any atom is 0.244 e. The van der Waals surface area contributed by atoms with Gasteiger partial charge in [-0.3, -0.25) is 4.79 Å². The fraction of sp³-hybridized carbons (Fsp3) is 0.650. The van der Waals surface area contributed by atoms with Gasteiger partial charge < -0.3 is 5.32 Å². The van der Waals surface area contributed by atoms with Gasteiger partial charge in [0.2, 0.25) is 15.9 Å². The molecular formula is C20H27FN2O3S. The molecule has 0 heterocycles. The molecule has 2 N–H and O–H groups in total. The molecule has 5 nitrogen and oxygen atoms in total. The molecule has 4 aliphatic rings. The minimum absolute atomic E-state index is 0.127. The van der Waals surface area contributed by atoms with Crippen molar-refractivity contribution in [1.82, 2.24) is 10.0 Å². The molecule has 4 bridgehead atoms. The molecule has 0 aliphatic heterocycles. The Morgan fingerprint density at radius 1 is 1.04 bits per heavy atom. The second-order valence-electron chi connectivity index (χ2n) is 9.09. The van der Waals surface area contributed by atoms with Crippen molar-refractivity contribution in [2.45, 2.75) is 62.4 Å². The maximum absolute atomic E-state index is 13.9. The molecule has 27 heavy (non-hydrogen) atoms. The van der Waals surface area contributed by atoms with Gasteiger partial charge in [0.1, 0.15) is 16.3 Å². The minimum atomic E-state index is -4.14. The number of rotatable bonds is 5. The van der Waals surface area contributed by atoms with Crippen molar-refractivity contribution in [3.63, 3.8) is 0 Å². The molecule has 4 fully saturated rings. The van der Waals surface area contributed by atoms with Gasteiger partial charge in [0, 0.05) is 6.04 Å². The van der Waals surface area contributed by atoms with Crippen LogP contribution < -0.4 is 10.0 Å². The number of sulfonamides is 1. The third-order valence-electron chi connectivity index (χ3n) is 6.61. The number of carbonyl (C=O) groups excluding carboxylic acids is 1. The standard InChI is InChI=1S/C20H27FN2O3S/c1-20(2,23-27(25,26)17-6-4-3-5-16(17)21)19(24)22-18-14-8-12-7-13(10-14)11-15(18)9-12/h3-6,12-15,18,23H,7-11H2,1-2H3,(H,22,24). The van der Waals surface area contributed by atoms with Gasteiger partial charge in [-0.2, -0.15) is 4.72 Å². The average molecular weight is 395 g/mol. The van der Waals surface area contributed by atoms with Gasteiger partial charge in [0.05, 0.1) is 0 Å². The van der Waals surface area contributed by atoms with E-state index in [1.54, 1.807) is 0 Å². The Bertz CT molecular complexity index is 825. The van der Waals surface area contributed by atoms with Crippen LogP contribution in [-0.4, -0.2) is 25.9 Å². The zero-order valence-electron chi connectivity index (χ0n) is 15.7. The lowest BCUT2D eigenvalue weighted by Crippen LogP contribution is -2.62. The molecule has 0 spiro atoms. The van der Waals surface area contributed by atoms with Gasteiger partial charge >= 0.3 is 0 Å². The van der Waals surface area contributed by atoms with Crippen molar-refractivity contribution >= 4 is 15.9 Å². The fourth-order valence-electron chi connectivity index (χ4n) is 5.59. The maximum atomic E-state index is 13.9. The Morgan fingerprint density at radius 3 is 2.15 bits per heavy atom. The summed E-state index contributed by atoms with van der Waals surface area (Å²) in [6.07, 6.45) is 6.00. The van der Waals surface area contributed by atoms with Crippen LogP contribution in [0.1, 0.15) is 46.0 Å². The van der Waals surface area contributed by atoms with Crippen LogP contribution in [0.3, 0.4) is 0 Å². The largest absolute Gasteiger partial charge is 0.351 e. The zero-order chi connectivity index (χ0) is 19.4. The van der Waals surface area contributed by atoms with Crippen LogP contribution in [0.4, 0.5) is 4.39 Å². The molecule has 1 amide bonds. The quantitative estimate of drug-likeness (QED) is 0.806. The first-order valence-corrected chi connectivity index (χ1v) is 11.2. The highest BCUT2D eigenvalue weighted by Gasteiger charge is 2.49. The molecule has 148 valence electrons. The van der Waals surface area contributed by atoms with Gasteiger partial charge in [-0.15, -0.1) is 0 Å². The first kappa shape index (κ1) is 18.9. The van der Waals surface area contributed by atoms with E-state index in [4.69, 9.17) is 0 Å². The van der Waals surface area contributed by atoms with Gasteiger partial charge in [-0.1, -0.05) is 12.1 Å². The summed E-state index contributed by atoms with van der Waals surface area (Å²) in [7, 11) is -4.14. The summed E-state index contributed by atoms with van der Waals surface area (Å²) in [6, 6.07) is 5.31. The molecule has 0 atom stereocenters. The molecule has 1 aromatic rings. The van der Waals surface area contributed by atoms with Crippen LogP contribution in [0.2, 0.25) is 0 Å². The van der Waals surface area contributed by atoms with Gasteiger partial charge in [0.15, 0.2) is 0 Å². The molecule has 0 radical (unpaired) electrons. The minimum Gasteiger partial charge on any atom is -0.351 e. The lowest BCUT2D eigenvalue weighted by Gasteiger charge is -2.54. The Kier molecular flexibility index (Phi) is 4.58. The number of benzene rings is 1. The highest BCUT2D eigenvalue weighted by atomic mass is 32.2. The van der Waals surface area contributed by atoms with E-state index in [1.165, 1.54) is 64.2 Å². The summed E-state index contributed by atoms with van der Waals surface area (Å²) < 4.78 is 41.5. The van der Waals surface area contributed by atoms with Crippen LogP contribution in [-0.2, 0) is 14.8 Å². The van der Waals surface area contributed by atoms with Gasteiger partial charge in [0.25, 0.3) is 0 Å². The Labute approximate surface area is 160 Å². The number of hydrogen-bond acceptors (Lipinski definition) is 3. The number of nitrogens with one attached hydrogen (secondary N) is 2. The molecule has 1 aromatic carbocycles. The number of halogens is 1. The third kappa shape index (κ3) is 3.51. The van der Waals surface area contributed by atoms with E-state index in [2.05, 4.69) is 10.0 Å². The van der Waals surface area contributed by atoms with E-state index >= 15 is 0 Å². The normalized spacial score (nSPS) is 32.5. The second-order valence-corrected chi connectivity index (χ2v) is 10.7. The Balaban J connectivity index is 1.47. The molecule has 4 saturated carbocycles. The van der Waals surface area contributed by atoms with Crippen molar-refractivity contribution in [1.29, 1.82) is 0 Å². The predicted octanol–water partition coefficient (Wildman–Crippen LogP) is 2.82. The molecular weight excluding hydrogens is 367 g/mol. The van der Waals surface area contributed by atoms with E-state index in [-0.39, 0.29) is 11.9 Å². The predicted molar refractivity (Wildman–Crippen MR) is 99.8 cm³/mol.